The molecule has 0 amide bonds. The Morgan fingerprint density at radius 2 is 1.94 bits per heavy atom. The molecule has 0 aliphatic heterocycles. The van der Waals surface area contributed by atoms with Gasteiger partial charge in [-0.3, -0.25) is 4.79 Å². The molecule has 0 aliphatic rings. The van der Waals surface area contributed by atoms with Crippen molar-refractivity contribution >= 4 is 6.29 Å². The highest BCUT2D eigenvalue weighted by Gasteiger charge is 2.19. The first-order valence-corrected chi connectivity index (χ1v) is 6.00. The summed E-state index contributed by atoms with van der Waals surface area (Å²) in [6.45, 7) is 9.63. The lowest BCUT2D eigenvalue weighted by Gasteiger charge is -2.21. The van der Waals surface area contributed by atoms with Crippen LogP contribution in [-0.4, -0.2) is 19.5 Å². The molecule has 98 valence electrons. The van der Waals surface area contributed by atoms with Crippen LogP contribution >= 0.6 is 0 Å². The van der Waals surface area contributed by atoms with Gasteiger partial charge in [-0.15, -0.1) is 6.58 Å². The number of carbonyl (C=O) groups is 1. The van der Waals surface area contributed by atoms with Gasteiger partial charge in [0.2, 0.25) is 0 Å². The van der Waals surface area contributed by atoms with Gasteiger partial charge in [0, 0.05) is 17.0 Å². The van der Waals surface area contributed by atoms with Crippen LogP contribution in [0.5, 0.6) is 11.5 Å². The monoisotopic (exact) mass is 248 g/mol. The van der Waals surface area contributed by atoms with Crippen LogP contribution in [0.3, 0.4) is 0 Å². The number of ether oxygens (including phenoxy) is 2. The zero-order valence-corrected chi connectivity index (χ0v) is 11.4. The van der Waals surface area contributed by atoms with Crippen molar-refractivity contribution in [2.24, 2.45) is 0 Å². The van der Waals surface area contributed by atoms with Crippen LogP contribution in [0.15, 0.2) is 24.8 Å². The summed E-state index contributed by atoms with van der Waals surface area (Å²) in [6, 6.07) is 3.50. The van der Waals surface area contributed by atoms with E-state index in [1.54, 1.807) is 25.3 Å². The maximum absolute atomic E-state index is 11.2. The van der Waals surface area contributed by atoms with E-state index in [0.29, 0.717) is 17.1 Å². The second-order valence-corrected chi connectivity index (χ2v) is 4.41. The fourth-order valence-corrected chi connectivity index (χ4v) is 1.80. The fraction of sp³-hybridized carbons (Fsp3) is 0.400. The number of rotatable bonds is 6. The predicted molar refractivity (Wildman–Crippen MR) is 72.8 cm³/mol. The van der Waals surface area contributed by atoms with E-state index in [-0.39, 0.29) is 12.0 Å². The van der Waals surface area contributed by atoms with Gasteiger partial charge < -0.3 is 9.47 Å². The van der Waals surface area contributed by atoms with Crippen molar-refractivity contribution in [3.05, 3.63) is 35.9 Å². The van der Waals surface area contributed by atoms with Gasteiger partial charge in [-0.2, -0.15) is 0 Å². The Labute approximate surface area is 108 Å². The first kappa shape index (κ1) is 14.3. The van der Waals surface area contributed by atoms with E-state index in [1.807, 2.05) is 20.8 Å². The highest BCUT2D eigenvalue weighted by molar-refractivity contribution is 5.80. The summed E-state index contributed by atoms with van der Waals surface area (Å²) in [5.41, 5.74) is 1.44. The minimum Gasteiger partial charge on any atom is -0.493 e. The highest BCUT2D eigenvalue weighted by atomic mass is 16.5. The Kier molecular flexibility index (Phi) is 4.95. The Morgan fingerprint density at radius 3 is 2.39 bits per heavy atom. The molecular formula is C15H20O3. The highest BCUT2D eigenvalue weighted by Crippen LogP contribution is 2.38. The summed E-state index contributed by atoms with van der Waals surface area (Å²) in [6.07, 6.45) is 2.63. The van der Waals surface area contributed by atoms with Gasteiger partial charge >= 0.3 is 0 Å². The van der Waals surface area contributed by atoms with Crippen molar-refractivity contribution < 1.29 is 14.3 Å². The van der Waals surface area contributed by atoms with Crippen LogP contribution in [0, 0.1) is 0 Å². The van der Waals surface area contributed by atoms with E-state index in [4.69, 9.17) is 9.47 Å². The topological polar surface area (TPSA) is 35.5 Å². The van der Waals surface area contributed by atoms with Crippen LogP contribution < -0.4 is 9.47 Å². The van der Waals surface area contributed by atoms with Crippen molar-refractivity contribution in [3.63, 3.8) is 0 Å². The van der Waals surface area contributed by atoms with Gasteiger partial charge in [0.1, 0.15) is 6.29 Å². The molecule has 1 atom stereocenters. The molecule has 0 saturated heterocycles. The molecule has 0 saturated carbocycles. The minimum absolute atomic E-state index is 0.0107. The molecule has 0 bridgehead atoms. The number of benzene rings is 1. The summed E-state index contributed by atoms with van der Waals surface area (Å²) in [7, 11) is 1.59. The van der Waals surface area contributed by atoms with Crippen molar-refractivity contribution in [2.45, 2.75) is 32.8 Å². The summed E-state index contributed by atoms with van der Waals surface area (Å²) < 4.78 is 11.1. The van der Waals surface area contributed by atoms with Gasteiger partial charge in [0.05, 0.1) is 13.2 Å². The maximum atomic E-state index is 11.2. The normalized spacial score (nSPS) is 12.1. The lowest BCUT2D eigenvalue weighted by Crippen LogP contribution is -2.11. The Balaban J connectivity index is 3.46. The second kappa shape index (κ2) is 6.24. The molecule has 3 heteroatoms. The molecule has 0 heterocycles. The summed E-state index contributed by atoms with van der Waals surface area (Å²) >= 11 is 0. The maximum Gasteiger partial charge on any atom is 0.166 e. The van der Waals surface area contributed by atoms with Gasteiger partial charge in [0.25, 0.3) is 0 Å². The summed E-state index contributed by atoms with van der Waals surface area (Å²) in [5, 5.41) is 0. The zero-order valence-electron chi connectivity index (χ0n) is 11.4. The Bertz CT molecular complexity index is 436. The van der Waals surface area contributed by atoms with E-state index in [2.05, 4.69) is 6.58 Å². The van der Waals surface area contributed by atoms with Crippen LogP contribution in [0.4, 0.5) is 0 Å². The second-order valence-electron chi connectivity index (χ2n) is 4.41. The minimum atomic E-state index is 0.0107. The number of allylic oxidation sites excluding steroid dienone is 1. The first-order chi connectivity index (χ1) is 8.54. The molecule has 0 aromatic heterocycles. The van der Waals surface area contributed by atoms with Gasteiger partial charge in [-0.25, -0.2) is 0 Å². The molecule has 0 fully saturated rings. The molecular weight excluding hydrogens is 228 g/mol. The standard InChI is InChI=1S/C15H20O3/c1-6-11(4)14-12(9-16)7-8-13(17-5)15(14)18-10(2)3/h6-11H,1H2,2-5H3. The third-order valence-electron chi connectivity index (χ3n) is 2.70. The Hall–Kier alpha value is -1.77. The average Bonchev–Trinajstić information content (AvgIpc) is 2.36. The zero-order chi connectivity index (χ0) is 13.7. The lowest BCUT2D eigenvalue weighted by atomic mass is 9.94. The van der Waals surface area contributed by atoms with Crippen LogP contribution in [0.1, 0.15) is 42.6 Å². The predicted octanol–water partition coefficient (Wildman–Crippen LogP) is 3.58. The van der Waals surface area contributed by atoms with E-state index in [0.717, 1.165) is 11.8 Å². The molecule has 1 unspecified atom stereocenters. The lowest BCUT2D eigenvalue weighted by molar-refractivity contribution is 0.112. The van der Waals surface area contributed by atoms with Crippen molar-refractivity contribution in [1.82, 2.24) is 0 Å². The first-order valence-electron chi connectivity index (χ1n) is 6.00. The third-order valence-corrected chi connectivity index (χ3v) is 2.70. The van der Waals surface area contributed by atoms with Crippen LogP contribution in [0.25, 0.3) is 0 Å². The van der Waals surface area contributed by atoms with E-state index >= 15 is 0 Å². The van der Waals surface area contributed by atoms with Crippen molar-refractivity contribution in [2.75, 3.05) is 7.11 Å². The van der Waals surface area contributed by atoms with E-state index < -0.39 is 0 Å². The van der Waals surface area contributed by atoms with Crippen LogP contribution in [-0.2, 0) is 0 Å². The smallest absolute Gasteiger partial charge is 0.166 e. The van der Waals surface area contributed by atoms with Crippen molar-refractivity contribution in [1.29, 1.82) is 0 Å². The van der Waals surface area contributed by atoms with Gasteiger partial charge in [-0.1, -0.05) is 13.0 Å². The Morgan fingerprint density at radius 1 is 1.28 bits per heavy atom. The van der Waals surface area contributed by atoms with Gasteiger partial charge in [0.15, 0.2) is 11.5 Å². The van der Waals surface area contributed by atoms with E-state index in [1.165, 1.54) is 0 Å². The molecule has 0 N–H and O–H groups in total. The number of aldehydes is 1. The molecule has 0 radical (unpaired) electrons. The number of hydrogen-bond donors (Lipinski definition) is 0. The molecule has 3 nitrogen and oxygen atoms in total. The molecule has 1 aromatic rings. The molecule has 1 rings (SSSR count). The SMILES string of the molecule is C=CC(C)c1c(C=O)ccc(OC)c1OC(C)C. The molecule has 0 spiro atoms. The van der Waals surface area contributed by atoms with Crippen LogP contribution in [0.2, 0.25) is 0 Å². The summed E-state index contributed by atoms with van der Waals surface area (Å²) in [4.78, 5) is 11.2. The third kappa shape index (κ3) is 2.92. The molecule has 18 heavy (non-hydrogen) atoms. The molecule has 1 aromatic carbocycles. The summed E-state index contributed by atoms with van der Waals surface area (Å²) in [5.74, 6) is 1.29. The average molecular weight is 248 g/mol. The number of hydrogen-bond acceptors (Lipinski definition) is 3. The fourth-order valence-electron chi connectivity index (χ4n) is 1.80. The largest absolute Gasteiger partial charge is 0.493 e. The quantitative estimate of drug-likeness (QED) is 0.570. The van der Waals surface area contributed by atoms with Gasteiger partial charge in [-0.05, 0) is 26.0 Å². The number of methoxy groups -OCH3 is 1. The van der Waals surface area contributed by atoms with Crippen molar-refractivity contribution in [3.8, 4) is 11.5 Å². The van der Waals surface area contributed by atoms with E-state index in [9.17, 15) is 4.79 Å². The number of carbonyl (C=O) groups excluding carboxylic acids is 1. The molecule has 0 aliphatic carbocycles.